The minimum Gasteiger partial charge on any atom is -0.486 e. The molecule has 27 heavy (non-hydrogen) atoms. The molecule has 0 aliphatic heterocycles. The van der Waals surface area contributed by atoms with E-state index in [-0.39, 0.29) is 11.7 Å². The van der Waals surface area contributed by atoms with Crippen molar-refractivity contribution in [3.63, 3.8) is 0 Å². The lowest BCUT2D eigenvalue weighted by atomic mass is 10.1. The van der Waals surface area contributed by atoms with Crippen LogP contribution in [0, 0.1) is 6.92 Å². The van der Waals surface area contributed by atoms with Crippen molar-refractivity contribution in [3.05, 3.63) is 71.5 Å². The van der Waals surface area contributed by atoms with E-state index >= 15 is 0 Å². The normalized spacial score (nSPS) is 10.6. The lowest BCUT2D eigenvalue weighted by Crippen LogP contribution is -2.24. The van der Waals surface area contributed by atoms with Crippen molar-refractivity contribution in [1.82, 2.24) is 20.1 Å². The second-order valence-corrected chi connectivity index (χ2v) is 7.05. The monoisotopic (exact) mass is 382 g/mol. The molecule has 1 N–H and O–H groups in total. The number of benzene rings is 2. The van der Waals surface area contributed by atoms with E-state index < -0.39 is 0 Å². The van der Waals surface area contributed by atoms with Gasteiger partial charge < -0.3 is 14.6 Å². The Labute approximate surface area is 163 Å². The first-order valence-electron chi connectivity index (χ1n) is 8.63. The van der Waals surface area contributed by atoms with Crippen molar-refractivity contribution < 1.29 is 9.53 Å². The number of thioether (sulfide) groups is 1. The molecule has 1 heterocycles. The number of aromatic nitrogens is 3. The van der Waals surface area contributed by atoms with E-state index in [0.29, 0.717) is 24.1 Å². The molecule has 2 aromatic carbocycles. The molecular weight excluding hydrogens is 360 g/mol. The average molecular weight is 382 g/mol. The number of nitrogens with one attached hydrogen (secondary N) is 1. The van der Waals surface area contributed by atoms with Crippen LogP contribution in [0.15, 0.2) is 59.8 Å². The minimum atomic E-state index is -0.0364. The summed E-state index contributed by atoms with van der Waals surface area (Å²) in [6.45, 7) is 2.89. The molecule has 0 atom stereocenters. The quantitative estimate of drug-likeness (QED) is 0.606. The van der Waals surface area contributed by atoms with Crippen LogP contribution in [0.4, 0.5) is 0 Å². The molecule has 140 valence electrons. The Morgan fingerprint density at radius 3 is 2.59 bits per heavy atom. The predicted molar refractivity (Wildman–Crippen MR) is 106 cm³/mol. The van der Waals surface area contributed by atoms with Crippen LogP contribution in [0.3, 0.4) is 0 Å². The number of amides is 1. The van der Waals surface area contributed by atoms with Crippen molar-refractivity contribution in [3.8, 4) is 5.75 Å². The van der Waals surface area contributed by atoms with Crippen LogP contribution < -0.4 is 10.1 Å². The van der Waals surface area contributed by atoms with Gasteiger partial charge in [-0.2, -0.15) is 0 Å². The van der Waals surface area contributed by atoms with Gasteiger partial charge in [0.05, 0.1) is 5.75 Å². The number of hydrogen-bond donors (Lipinski definition) is 1. The molecule has 0 aliphatic rings. The Balaban J connectivity index is 1.45. The van der Waals surface area contributed by atoms with E-state index in [9.17, 15) is 4.79 Å². The molecule has 7 heteroatoms. The highest BCUT2D eigenvalue weighted by molar-refractivity contribution is 7.99. The summed E-state index contributed by atoms with van der Waals surface area (Å²) in [5.74, 6) is 1.74. The second kappa shape index (κ2) is 9.23. The molecular formula is C20H22N4O2S. The highest BCUT2D eigenvalue weighted by Gasteiger charge is 2.12. The number of aryl methyl sites for hydroxylation is 1. The van der Waals surface area contributed by atoms with Crippen molar-refractivity contribution in [2.24, 2.45) is 7.05 Å². The maximum absolute atomic E-state index is 12.1. The molecule has 1 aromatic heterocycles. The fourth-order valence-electron chi connectivity index (χ4n) is 2.35. The Kier molecular flexibility index (Phi) is 6.49. The summed E-state index contributed by atoms with van der Waals surface area (Å²) in [4.78, 5) is 12.1. The van der Waals surface area contributed by atoms with E-state index in [2.05, 4.69) is 15.5 Å². The topological polar surface area (TPSA) is 69.0 Å². The van der Waals surface area contributed by atoms with Gasteiger partial charge in [0.1, 0.15) is 12.4 Å². The summed E-state index contributed by atoms with van der Waals surface area (Å²) in [7, 11) is 1.87. The summed E-state index contributed by atoms with van der Waals surface area (Å²) in [5.41, 5.74) is 2.29. The van der Waals surface area contributed by atoms with Crippen LogP contribution in [0.5, 0.6) is 5.75 Å². The van der Waals surface area contributed by atoms with Gasteiger partial charge in [-0.25, -0.2) is 0 Å². The first-order valence-corrected chi connectivity index (χ1v) is 9.61. The molecule has 0 aliphatic carbocycles. The molecule has 3 rings (SSSR count). The Morgan fingerprint density at radius 2 is 1.85 bits per heavy atom. The summed E-state index contributed by atoms with van der Waals surface area (Å²) < 4.78 is 7.54. The smallest absolute Gasteiger partial charge is 0.230 e. The Bertz CT molecular complexity index is 879. The van der Waals surface area contributed by atoms with Crippen LogP contribution in [-0.2, 0) is 25.0 Å². The molecule has 0 spiro atoms. The third-order valence-electron chi connectivity index (χ3n) is 3.98. The number of ether oxygens (including phenoxy) is 1. The van der Waals surface area contributed by atoms with Gasteiger partial charge in [0.25, 0.3) is 0 Å². The molecule has 0 unspecified atom stereocenters. The number of carbonyl (C=O) groups excluding carboxylic acids is 1. The van der Waals surface area contributed by atoms with Gasteiger partial charge in [0, 0.05) is 13.6 Å². The molecule has 0 bridgehead atoms. The third kappa shape index (κ3) is 5.59. The molecule has 0 fully saturated rings. The first-order chi connectivity index (χ1) is 13.1. The molecule has 0 saturated heterocycles. The van der Waals surface area contributed by atoms with Crippen molar-refractivity contribution in [2.45, 2.75) is 25.2 Å². The van der Waals surface area contributed by atoms with Crippen LogP contribution in [0.1, 0.15) is 17.0 Å². The SMILES string of the molecule is Cc1ccc(CNC(=O)CSc2nnc(COc3ccccc3)n2C)cc1. The summed E-state index contributed by atoms with van der Waals surface area (Å²) in [6, 6.07) is 17.7. The molecule has 0 radical (unpaired) electrons. The van der Waals surface area contributed by atoms with Crippen LogP contribution in [-0.4, -0.2) is 26.4 Å². The number of para-hydroxylation sites is 1. The summed E-state index contributed by atoms with van der Waals surface area (Å²) in [6.07, 6.45) is 0. The predicted octanol–water partition coefficient (Wildman–Crippen LogP) is 3.11. The third-order valence-corrected chi connectivity index (χ3v) is 5.00. The lowest BCUT2D eigenvalue weighted by molar-refractivity contribution is -0.118. The van der Waals surface area contributed by atoms with Gasteiger partial charge in [-0.3, -0.25) is 4.79 Å². The van der Waals surface area contributed by atoms with E-state index in [1.165, 1.54) is 17.3 Å². The average Bonchev–Trinajstić information content (AvgIpc) is 3.05. The van der Waals surface area contributed by atoms with Gasteiger partial charge in [-0.05, 0) is 24.6 Å². The van der Waals surface area contributed by atoms with E-state index in [1.807, 2.05) is 73.1 Å². The number of rotatable bonds is 8. The van der Waals surface area contributed by atoms with Gasteiger partial charge in [0.2, 0.25) is 5.91 Å². The van der Waals surface area contributed by atoms with Gasteiger partial charge in [-0.1, -0.05) is 59.8 Å². The summed E-state index contributed by atoms with van der Waals surface area (Å²) in [5, 5.41) is 11.9. The van der Waals surface area contributed by atoms with Crippen LogP contribution in [0.25, 0.3) is 0 Å². The van der Waals surface area contributed by atoms with Crippen LogP contribution >= 0.6 is 11.8 Å². The van der Waals surface area contributed by atoms with Crippen molar-refractivity contribution in [2.75, 3.05) is 5.75 Å². The molecule has 6 nitrogen and oxygen atoms in total. The molecule has 1 amide bonds. The van der Waals surface area contributed by atoms with Crippen LogP contribution in [0.2, 0.25) is 0 Å². The Hall–Kier alpha value is -2.80. The standard InChI is InChI=1S/C20H22N4O2S/c1-15-8-10-16(11-9-15)12-21-19(25)14-27-20-23-22-18(24(20)2)13-26-17-6-4-3-5-7-17/h3-11H,12-14H2,1-2H3,(H,21,25). The van der Waals surface area contributed by atoms with E-state index in [0.717, 1.165) is 11.3 Å². The first kappa shape index (κ1) is 19.0. The number of hydrogen-bond acceptors (Lipinski definition) is 5. The lowest BCUT2D eigenvalue weighted by Gasteiger charge is -2.07. The molecule has 0 saturated carbocycles. The number of carbonyl (C=O) groups is 1. The zero-order chi connectivity index (χ0) is 19.1. The highest BCUT2D eigenvalue weighted by Crippen LogP contribution is 2.17. The van der Waals surface area contributed by atoms with E-state index in [1.54, 1.807) is 0 Å². The zero-order valence-electron chi connectivity index (χ0n) is 15.4. The van der Waals surface area contributed by atoms with Crippen molar-refractivity contribution >= 4 is 17.7 Å². The fourth-order valence-corrected chi connectivity index (χ4v) is 3.11. The zero-order valence-corrected chi connectivity index (χ0v) is 16.2. The Morgan fingerprint density at radius 1 is 1.11 bits per heavy atom. The van der Waals surface area contributed by atoms with Crippen molar-refractivity contribution in [1.29, 1.82) is 0 Å². The molecule has 3 aromatic rings. The summed E-state index contributed by atoms with van der Waals surface area (Å²) >= 11 is 1.36. The largest absolute Gasteiger partial charge is 0.486 e. The number of nitrogens with zero attached hydrogens (tertiary/aromatic N) is 3. The van der Waals surface area contributed by atoms with Gasteiger partial charge >= 0.3 is 0 Å². The highest BCUT2D eigenvalue weighted by atomic mass is 32.2. The van der Waals surface area contributed by atoms with Gasteiger partial charge in [0.15, 0.2) is 11.0 Å². The maximum atomic E-state index is 12.1. The second-order valence-electron chi connectivity index (χ2n) is 6.11. The fraction of sp³-hybridized carbons (Fsp3) is 0.250. The minimum absolute atomic E-state index is 0.0364. The van der Waals surface area contributed by atoms with Gasteiger partial charge in [-0.15, -0.1) is 10.2 Å². The van der Waals surface area contributed by atoms with E-state index in [4.69, 9.17) is 4.74 Å². The maximum Gasteiger partial charge on any atom is 0.230 e.